The number of benzene rings is 2. The first-order valence-corrected chi connectivity index (χ1v) is 12.0. The van der Waals surface area contributed by atoms with Gasteiger partial charge in [0, 0.05) is 31.8 Å². The minimum Gasteiger partial charge on any atom is -0.497 e. The molecule has 0 saturated carbocycles. The fourth-order valence-electron chi connectivity index (χ4n) is 3.91. The van der Waals surface area contributed by atoms with Crippen molar-refractivity contribution in [2.45, 2.75) is 27.3 Å². The van der Waals surface area contributed by atoms with Crippen LogP contribution in [0.1, 0.15) is 26.3 Å². The zero-order valence-electron chi connectivity index (χ0n) is 20.8. The molecule has 0 aromatic heterocycles. The Kier molecular flexibility index (Phi) is 9.85. The molecule has 8 nitrogen and oxygen atoms in total. The van der Waals surface area contributed by atoms with E-state index >= 15 is 0 Å². The topological polar surface area (TPSA) is 72.5 Å². The van der Waals surface area contributed by atoms with Crippen molar-refractivity contribution in [3.05, 3.63) is 42.0 Å². The van der Waals surface area contributed by atoms with Gasteiger partial charge in [0.05, 0.1) is 51.5 Å². The van der Waals surface area contributed by atoms with E-state index in [2.05, 4.69) is 15.1 Å². The number of nitrogens with zero attached hydrogens (tertiary/aromatic N) is 2. The molecule has 186 valence electrons. The number of morpholine rings is 1. The average molecular weight is 472 g/mol. The summed E-state index contributed by atoms with van der Waals surface area (Å²) in [4.78, 5) is 17.3. The van der Waals surface area contributed by atoms with Crippen LogP contribution in [0.2, 0.25) is 0 Å². The second-order valence-electron chi connectivity index (χ2n) is 7.98. The van der Waals surface area contributed by atoms with Gasteiger partial charge in [-0.15, -0.1) is 0 Å². The van der Waals surface area contributed by atoms with Crippen molar-refractivity contribution in [2.75, 3.05) is 69.9 Å². The Bertz CT molecular complexity index is 913. The average Bonchev–Trinajstić information content (AvgIpc) is 2.86. The monoisotopic (exact) mass is 471 g/mol. The molecule has 0 radical (unpaired) electrons. The fourth-order valence-corrected chi connectivity index (χ4v) is 3.91. The van der Waals surface area contributed by atoms with Crippen molar-refractivity contribution in [3.8, 4) is 17.2 Å². The number of carbonyl (C=O) groups excluding carboxylic acids is 1. The summed E-state index contributed by atoms with van der Waals surface area (Å²) in [5.74, 6) is 2.09. The predicted octanol–water partition coefficient (Wildman–Crippen LogP) is 3.79. The summed E-state index contributed by atoms with van der Waals surface area (Å²) < 4.78 is 22.6. The molecule has 8 heteroatoms. The van der Waals surface area contributed by atoms with Gasteiger partial charge in [-0.3, -0.25) is 9.69 Å². The van der Waals surface area contributed by atoms with Gasteiger partial charge in [0.15, 0.2) is 0 Å². The van der Waals surface area contributed by atoms with Crippen LogP contribution in [0.3, 0.4) is 0 Å². The third kappa shape index (κ3) is 7.01. The third-order valence-electron chi connectivity index (χ3n) is 5.67. The van der Waals surface area contributed by atoms with Crippen LogP contribution in [0.4, 0.5) is 11.4 Å². The summed E-state index contributed by atoms with van der Waals surface area (Å²) in [5.41, 5.74) is 2.70. The first-order valence-electron chi connectivity index (χ1n) is 12.0. The van der Waals surface area contributed by atoms with Crippen LogP contribution in [0.5, 0.6) is 17.2 Å². The molecule has 1 aliphatic heterocycles. The Labute approximate surface area is 202 Å². The van der Waals surface area contributed by atoms with E-state index in [1.54, 1.807) is 7.11 Å². The summed E-state index contributed by atoms with van der Waals surface area (Å²) in [6.45, 7) is 11.6. The number of likely N-dealkylation sites (N-methyl/N-ethyl adjacent to an activating group) is 1. The van der Waals surface area contributed by atoms with Gasteiger partial charge in [-0.25, -0.2) is 0 Å². The smallest absolute Gasteiger partial charge is 0.238 e. The zero-order valence-corrected chi connectivity index (χ0v) is 20.8. The molecule has 1 fully saturated rings. The normalized spacial score (nSPS) is 13.6. The van der Waals surface area contributed by atoms with E-state index in [1.165, 1.54) is 0 Å². The molecule has 0 atom stereocenters. The number of ether oxygens (including phenoxy) is 4. The van der Waals surface area contributed by atoms with E-state index in [1.807, 2.05) is 57.2 Å². The van der Waals surface area contributed by atoms with Crippen LogP contribution in [0, 0.1) is 0 Å². The standard InChI is InChI=1S/C26H37N3O5/c1-5-28(18-20-8-10-21(31-4)11-9-20)19-26(30)27-22-16-25(34-7-3)23(17-24(22)33-6-2)29-12-14-32-15-13-29/h8-11,16-17H,5-7,12-15,18-19H2,1-4H3,(H,27,30). The molecule has 1 N–H and O–H groups in total. The van der Waals surface area contributed by atoms with Crippen LogP contribution in [0.25, 0.3) is 0 Å². The van der Waals surface area contributed by atoms with Crippen LogP contribution in [-0.2, 0) is 16.1 Å². The zero-order chi connectivity index (χ0) is 24.3. The summed E-state index contributed by atoms with van der Waals surface area (Å²) in [7, 11) is 1.65. The van der Waals surface area contributed by atoms with Crippen LogP contribution in [-0.4, -0.2) is 70.5 Å². The van der Waals surface area contributed by atoms with E-state index in [4.69, 9.17) is 18.9 Å². The van der Waals surface area contributed by atoms with Crippen LogP contribution < -0.4 is 24.4 Å². The molecule has 34 heavy (non-hydrogen) atoms. The number of amides is 1. The summed E-state index contributed by atoms with van der Waals surface area (Å²) in [5, 5.41) is 3.04. The van der Waals surface area contributed by atoms with Gasteiger partial charge in [-0.05, 0) is 38.1 Å². The highest BCUT2D eigenvalue weighted by Gasteiger charge is 2.21. The maximum Gasteiger partial charge on any atom is 0.238 e. The molecule has 2 aromatic carbocycles. The summed E-state index contributed by atoms with van der Waals surface area (Å²) in [6, 6.07) is 11.7. The molecule has 1 amide bonds. The number of carbonyl (C=O) groups is 1. The number of hydrogen-bond acceptors (Lipinski definition) is 7. The SMILES string of the molecule is CCOc1cc(N2CCOCC2)c(OCC)cc1NC(=O)CN(CC)Cc1ccc(OC)cc1. The van der Waals surface area contributed by atoms with Crippen molar-refractivity contribution in [1.29, 1.82) is 0 Å². The highest BCUT2D eigenvalue weighted by Crippen LogP contribution is 2.39. The second-order valence-corrected chi connectivity index (χ2v) is 7.98. The van der Waals surface area contributed by atoms with Crippen molar-refractivity contribution in [3.63, 3.8) is 0 Å². The third-order valence-corrected chi connectivity index (χ3v) is 5.67. The number of anilines is 2. The van der Waals surface area contributed by atoms with Gasteiger partial charge in [0.2, 0.25) is 5.91 Å². The predicted molar refractivity (Wildman–Crippen MR) is 134 cm³/mol. The Morgan fingerprint density at radius 1 is 1.03 bits per heavy atom. The molecule has 3 rings (SSSR count). The Hall–Kier alpha value is -2.97. The van der Waals surface area contributed by atoms with Crippen molar-refractivity contribution >= 4 is 17.3 Å². The lowest BCUT2D eigenvalue weighted by Gasteiger charge is -2.31. The maximum atomic E-state index is 13.0. The molecule has 1 saturated heterocycles. The summed E-state index contributed by atoms with van der Waals surface area (Å²) in [6.07, 6.45) is 0. The summed E-state index contributed by atoms with van der Waals surface area (Å²) >= 11 is 0. The molecule has 2 aromatic rings. The number of rotatable bonds is 12. The number of hydrogen-bond donors (Lipinski definition) is 1. The molecule has 0 spiro atoms. The van der Waals surface area contributed by atoms with Crippen molar-refractivity contribution in [2.24, 2.45) is 0 Å². The molecule has 0 unspecified atom stereocenters. The molecular weight excluding hydrogens is 434 g/mol. The molecule has 1 aliphatic rings. The van der Waals surface area contributed by atoms with Crippen LogP contribution in [0.15, 0.2) is 36.4 Å². The highest BCUT2D eigenvalue weighted by molar-refractivity contribution is 5.94. The van der Waals surface area contributed by atoms with Gasteiger partial charge in [0.25, 0.3) is 0 Å². The van der Waals surface area contributed by atoms with Crippen molar-refractivity contribution in [1.82, 2.24) is 4.90 Å². The van der Waals surface area contributed by atoms with Gasteiger partial charge >= 0.3 is 0 Å². The Balaban J connectivity index is 1.74. The van der Waals surface area contributed by atoms with Gasteiger partial charge in [0.1, 0.15) is 17.2 Å². The lowest BCUT2D eigenvalue weighted by Crippen LogP contribution is -2.36. The first kappa shape index (κ1) is 25.6. The van der Waals surface area contributed by atoms with E-state index in [0.29, 0.717) is 44.4 Å². The molecule has 0 aliphatic carbocycles. The second kappa shape index (κ2) is 13.1. The lowest BCUT2D eigenvalue weighted by molar-refractivity contribution is -0.117. The number of nitrogens with one attached hydrogen (secondary N) is 1. The maximum absolute atomic E-state index is 13.0. The van der Waals surface area contributed by atoms with Gasteiger partial charge in [-0.1, -0.05) is 19.1 Å². The fraction of sp³-hybridized carbons (Fsp3) is 0.500. The molecule has 1 heterocycles. The largest absolute Gasteiger partial charge is 0.497 e. The molecular formula is C26H37N3O5. The lowest BCUT2D eigenvalue weighted by atomic mass is 10.2. The van der Waals surface area contributed by atoms with Gasteiger partial charge in [-0.2, -0.15) is 0 Å². The minimum atomic E-state index is -0.0992. The van der Waals surface area contributed by atoms with E-state index in [-0.39, 0.29) is 12.5 Å². The quantitative estimate of drug-likeness (QED) is 0.505. The Morgan fingerprint density at radius 2 is 1.71 bits per heavy atom. The van der Waals surface area contributed by atoms with E-state index in [9.17, 15) is 4.79 Å². The van der Waals surface area contributed by atoms with Crippen LogP contribution >= 0.6 is 0 Å². The van der Waals surface area contributed by atoms with E-state index < -0.39 is 0 Å². The highest BCUT2D eigenvalue weighted by atomic mass is 16.5. The molecule has 0 bridgehead atoms. The van der Waals surface area contributed by atoms with Gasteiger partial charge < -0.3 is 29.2 Å². The first-order chi connectivity index (χ1) is 16.6. The van der Waals surface area contributed by atoms with E-state index in [0.717, 1.165) is 42.4 Å². The minimum absolute atomic E-state index is 0.0992. The number of methoxy groups -OCH3 is 1. The van der Waals surface area contributed by atoms with Crippen molar-refractivity contribution < 1.29 is 23.7 Å². The Morgan fingerprint density at radius 3 is 2.32 bits per heavy atom.